The highest BCUT2D eigenvalue weighted by atomic mass is 14.9. The fourth-order valence-electron chi connectivity index (χ4n) is 0.710. The van der Waals surface area contributed by atoms with Crippen LogP contribution in [-0.4, -0.2) is 19.8 Å². The summed E-state index contributed by atoms with van der Waals surface area (Å²) in [6.45, 7) is 0.899. The summed E-state index contributed by atoms with van der Waals surface area (Å²) in [5.41, 5.74) is 1.16. The second kappa shape index (κ2) is 2.62. The number of hydrogen-bond donors (Lipinski definition) is 1. The largest absolute Gasteiger partial charge is 0.314 e. The van der Waals surface area contributed by atoms with Crippen LogP contribution in [0, 0.1) is 0 Å². The summed E-state index contributed by atoms with van der Waals surface area (Å²) in [4.78, 5) is 4.10. The molecule has 0 radical (unpaired) electrons. The Kier molecular flexibility index (Phi) is 1.80. The van der Waals surface area contributed by atoms with Crippen LogP contribution in [0.2, 0.25) is 0 Å². The predicted molar refractivity (Wildman–Crippen MR) is 35.1 cm³/mol. The highest BCUT2D eigenvalue weighted by Crippen LogP contribution is 2.01. The summed E-state index contributed by atoms with van der Waals surface area (Å²) in [6.07, 6.45) is 5.06. The number of allylic oxidation sites excluding steroid dienone is 1. The molecule has 2 nitrogen and oxygen atoms in total. The second-order valence-electron chi connectivity index (χ2n) is 1.77. The maximum absolute atomic E-state index is 4.10. The van der Waals surface area contributed by atoms with Crippen molar-refractivity contribution in [2.45, 2.75) is 6.42 Å². The van der Waals surface area contributed by atoms with Gasteiger partial charge in [-0.05, 0) is 7.05 Å². The van der Waals surface area contributed by atoms with Crippen LogP contribution in [-0.2, 0) is 0 Å². The van der Waals surface area contributed by atoms with Crippen molar-refractivity contribution in [3.63, 3.8) is 0 Å². The fraction of sp³-hybridized carbons (Fsp3) is 0.500. The third-order valence-corrected chi connectivity index (χ3v) is 1.07. The van der Waals surface area contributed by atoms with E-state index in [1.807, 2.05) is 13.3 Å². The molecule has 1 heterocycles. The van der Waals surface area contributed by atoms with Crippen LogP contribution in [0.1, 0.15) is 6.42 Å². The first kappa shape index (κ1) is 5.51. The lowest BCUT2D eigenvalue weighted by Crippen LogP contribution is -2.08. The molecule has 0 bridgehead atoms. The van der Waals surface area contributed by atoms with E-state index in [0.29, 0.717) is 0 Å². The van der Waals surface area contributed by atoms with Gasteiger partial charge in [0.2, 0.25) is 0 Å². The molecule has 0 spiro atoms. The molecule has 0 aromatic rings. The summed E-state index contributed by atoms with van der Waals surface area (Å²) < 4.78 is 0. The Labute approximate surface area is 49.3 Å². The summed E-state index contributed by atoms with van der Waals surface area (Å²) in [5, 5.41) is 3.03. The van der Waals surface area contributed by atoms with Crippen molar-refractivity contribution in [2.24, 2.45) is 4.99 Å². The van der Waals surface area contributed by atoms with Crippen molar-refractivity contribution in [1.82, 2.24) is 5.32 Å². The van der Waals surface area contributed by atoms with Gasteiger partial charge in [0, 0.05) is 19.2 Å². The standard InChI is InChI=1S/C6H10N2/c1-7-5-6-3-2-4-8-6/h3-4,7H,2,5H2,1H3. The number of likely N-dealkylation sites (N-methyl/N-ethyl adjacent to an activating group) is 1. The Balaban J connectivity index is 2.34. The van der Waals surface area contributed by atoms with Gasteiger partial charge in [-0.25, -0.2) is 0 Å². The molecular weight excluding hydrogens is 100 g/mol. The molecule has 0 aliphatic carbocycles. The minimum absolute atomic E-state index is 0.899. The minimum Gasteiger partial charge on any atom is -0.314 e. The van der Waals surface area contributed by atoms with Gasteiger partial charge in [-0.1, -0.05) is 6.08 Å². The first-order valence-electron chi connectivity index (χ1n) is 2.79. The molecule has 1 aliphatic rings. The van der Waals surface area contributed by atoms with Crippen LogP contribution in [0.25, 0.3) is 0 Å². The van der Waals surface area contributed by atoms with Crippen LogP contribution in [0.3, 0.4) is 0 Å². The molecule has 0 saturated carbocycles. The van der Waals surface area contributed by atoms with Gasteiger partial charge in [0.05, 0.1) is 5.70 Å². The smallest absolute Gasteiger partial charge is 0.0501 e. The summed E-state index contributed by atoms with van der Waals surface area (Å²) >= 11 is 0. The van der Waals surface area contributed by atoms with Crippen molar-refractivity contribution in [3.05, 3.63) is 11.8 Å². The van der Waals surface area contributed by atoms with Gasteiger partial charge in [-0.3, -0.25) is 4.99 Å². The maximum Gasteiger partial charge on any atom is 0.0501 e. The molecule has 1 N–H and O–H groups in total. The van der Waals surface area contributed by atoms with E-state index in [2.05, 4.69) is 16.4 Å². The van der Waals surface area contributed by atoms with Gasteiger partial charge in [0.1, 0.15) is 0 Å². The molecule has 0 saturated heterocycles. The lowest BCUT2D eigenvalue weighted by Gasteiger charge is -1.92. The Hall–Kier alpha value is -0.630. The fourth-order valence-corrected chi connectivity index (χ4v) is 0.710. The lowest BCUT2D eigenvalue weighted by atomic mass is 10.4. The van der Waals surface area contributed by atoms with E-state index >= 15 is 0 Å². The first-order valence-corrected chi connectivity index (χ1v) is 2.79. The molecule has 1 rings (SSSR count). The molecule has 0 aromatic carbocycles. The van der Waals surface area contributed by atoms with E-state index in [0.717, 1.165) is 18.7 Å². The van der Waals surface area contributed by atoms with Crippen molar-refractivity contribution in [2.75, 3.05) is 13.6 Å². The molecule has 0 atom stereocenters. The molecule has 1 aliphatic heterocycles. The number of hydrogen-bond acceptors (Lipinski definition) is 2. The van der Waals surface area contributed by atoms with Crippen LogP contribution in [0.5, 0.6) is 0 Å². The van der Waals surface area contributed by atoms with Gasteiger partial charge in [0.15, 0.2) is 0 Å². The normalized spacial score (nSPS) is 16.9. The van der Waals surface area contributed by atoms with Gasteiger partial charge >= 0.3 is 0 Å². The van der Waals surface area contributed by atoms with Gasteiger partial charge in [-0.2, -0.15) is 0 Å². The van der Waals surface area contributed by atoms with E-state index in [1.165, 1.54) is 0 Å². The van der Waals surface area contributed by atoms with Crippen molar-refractivity contribution in [1.29, 1.82) is 0 Å². The Morgan fingerprint density at radius 1 is 1.88 bits per heavy atom. The second-order valence-corrected chi connectivity index (χ2v) is 1.77. The maximum atomic E-state index is 4.10. The molecule has 0 fully saturated rings. The SMILES string of the molecule is CNCC1=CCC=N1. The molecule has 0 amide bonds. The zero-order valence-corrected chi connectivity index (χ0v) is 5.02. The third-order valence-electron chi connectivity index (χ3n) is 1.07. The number of rotatable bonds is 2. The van der Waals surface area contributed by atoms with Gasteiger partial charge in [0.25, 0.3) is 0 Å². The van der Waals surface area contributed by atoms with E-state index in [9.17, 15) is 0 Å². The van der Waals surface area contributed by atoms with Gasteiger partial charge in [-0.15, -0.1) is 0 Å². The monoisotopic (exact) mass is 110 g/mol. The third kappa shape index (κ3) is 1.17. The van der Waals surface area contributed by atoms with Crippen LogP contribution >= 0.6 is 0 Å². The quantitative estimate of drug-likeness (QED) is 0.552. The lowest BCUT2D eigenvalue weighted by molar-refractivity contribution is 0.874. The van der Waals surface area contributed by atoms with Crippen molar-refractivity contribution in [3.8, 4) is 0 Å². The van der Waals surface area contributed by atoms with Gasteiger partial charge < -0.3 is 5.32 Å². The van der Waals surface area contributed by atoms with Crippen molar-refractivity contribution >= 4 is 6.21 Å². The first-order chi connectivity index (χ1) is 3.93. The summed E-state index contributed by atoms with van der Waals surface area (Å²) in [5.74, 6) is 0. The summed E-state index contributed by atoms with van der Waals surface area (Å²) in [6, 6.07) is 0. The van der Waals surface area contributed by atoms with Crippen LogP contribution in [0.4, 0.5) is 0 Å². The van der Waals surface area contributed by atoms with Crippen molar-refractivity contribution < 1.29 is 0 Å². The summed E-state index contributed by atoms with van der Waals surface area (Å²) in [7, 11) is 1.93. The molecule has 8 heavy (non-hydrogen) atoms. The Morgan fingerprint density at radius 3 is 3.25 bits per heavy atom. The molecule has 44 valence electrons. The average Bonchev–Trinajstić information content (AvgIpc) is 2.19. The van der Waals surface area contributed by atoms with E-state index in [1.54, 1.807) is 0 Å². The highest BCUT2D eigenvalue weighted by Gasteiger charge is 1.94. The molecule has 2 heteroatoms. The van der Waals surface area contributed by atoms with E-state index in [4.69, 9.17) is 0 Å². The average molecular weight is 110 g/mol. The van der Waals surface area contributed by atoms with Crippen LogP contribution < -0.4 is 5.32 Å². The van der Waals surface area contributed by atoms with Crippen LogP contribution in [0.15, 0.2) is 16.8 Å². The number of nitrogens with one attached hydrogen (secondary N) is 1. The Bertz CT molecular complexity index is 124. The zero-order valence-electron chi connectivity index (χ0n) is 5.02. The molecule has 0 unspecified atom stereocenters. The topological polar surface area (TPSA) is 24.4 Å². The predicted octanol–water partition coefficient (Wildman–Crippen LogP) is 0.564. The molecule has 0 aromatic heterocycles. The Morgan fingerprint density at radius 2 is 2.75 bits per heavy atom. The highest BCUT2D eigenvalue weighted by molar-refractivity contribution is 5.64. The molecular formula is C6H10N2. The zero-order chi connectivity index (χ0) is 5.82. The van der Waals surface area contributed by atoms with E-state index < -0.39 is 0 Å². The van der Waals surface area contributed by atoms with E-state index in [-0.39, 0.29) is 0 Å². The number of nitrogens with zero attached hydrogens (tertiary/aromatic N) is 1. The minimum atomic E-state index is 0.899. The number of aliphatic imine (C=N–C) groups is 1.